The Morgan fingerprint density at radius 3 is 2.48 bits per heavy atom. The molecule has 21 heavy (non-hydrogen) atoms. The molecule has 1 aromatic carbocycles. The second-order valence-corrected chi connectivity index (χ2v) is 5.61. The van der Waals surface area contributed by atoms with Crippen LogP contribution in [0.3, 0.4) is 0 Å². The maximum absolute atomic E-state index is 5.67. The van der Waals surface area contributed by atoms with Gasteiger partial charge in [-0.2, -0.15) is 0 Å². The monoisotopic (exact) mass is 293 g/mol. The fourth-order valence-electron chi connectivity index (χ4n) is 2.67. The van der Waals surface area contributed by atoms with Crippen molar-refractivity contribution in [2.75, 3.05) is 26.9 Å². The lowest BCUT2D eigenvalue weighted by Gasteiger charge is -2.24. The maximum atomic E-state index is 5.67. The second kappa shape index (κ2) is 9.80. The van der Waals surface area contributed by atoms with E-state index in [1.54, 1.807) is 7.11 Å². The first kappa shape index (κ1) is 18.0. The normalized spacial score (nSPS) is 12.4. The molecule has 0 aliphatic carbocycles. The number of benzene rings is 1. The minimum absolute atomic E-state index is 0.289. The smallest absolute Gasteiger partial charge is 0.124 e. The zero-order valence-corrected chi connectivity index (χ0v) is 14.3. The summed E-state index contributed by atoms with van der Waals surface area (Å²) in [6.45, 7) is 11.2. The van der Waals surface area contributed by atoms with Gasteiger partial charge in [0, 0.05) is 24.8 Å². The van der Waals surface area contributed by atoms with E-state index in [4.69, 9.17) is 9.47 Å². The zero-order valence-electron chi connectivity index (χ0n) is 14.3. The molecule has 3 heteroatoms. The van der Waals surface area contributed by atoms with Gasteiger partial charge in [-0.25, -0.2) is 0 Å². The highest BCUT2D eigenvalue weighted by molar-refractivity contribution is 5.45. The van der Waals surface area contributed by atoms with Crippen LogP contribution in [0.2, 0.25) is 0 Å². The van der Waals surface area contributed by atoms with Gasteiger partial charge in [0.15, 0.2) is 0 Å². The zero-order chi connectivity index (χ0) is 15.7. The van der Waals surface area contributed by atoms with Crippen LogP contribution in [-0.2, 0) is 4.74 Å². The minimum atomic E-state index is 0.289. The largest absolute Gasteiger partial charge is 0.496 e. The van der Waals surface area contributed by atoms with Crippen molar-refractivity contribution in [3.05, 3.63) is 28.8 Å². The quantitative estimate of drug-likeness (QED) is 0.657. The van der Waals surface area contributed by atoms with E-state index in [0.717, 1.165) is 44.8 Å². The van der Waals surface area contributed by atoms with Crippen LogP contribution in [0.4, 0.5) is 0 Å². The van der Waals surface area contributed by atoms with Crippen molar-refractivity contribution in [3.63, 3.8) is 0 Å². The van der Waals surface area contributed by atoms with Gasteiger partial charge >= 0.3 is 0 Å². The number of hydrogen-bond acceptors (Lipinski definition) is 3. The summed E-state index contributed by atoms with van der Waals surface area (Å²) in [6.07, 6.45) is 3.17. The lowest BCUT2D eigenvalue weighted by Crippen LogP contribution is -2.25. The van der Waals surface area contributed by atoms with Gasteiger partial charge in [-0.05, 0) is 56.8 Å². The molecule has 1 aromatic rings. The fourth-order valence-corrected chi connectivity index (χ4v) is 2.67. The SMILES string of the molecule is CCCNC(CCOCCC)c1c(C)cc(C)cc1OC. The van der Waals surface area contributed by atoms with Gasteiger partial charge in [-0.1, -0.05) is 19.9 Å². The van der Waals surface area contributed by atoms with Gasteiger partial charge < -0.3 is 14.8 Å². The maximum Gasteiger partial charge on any atom is 0.124 e. The lowest BCUT2D eigenvalue weighted by atomic mass is 9.95. The minimum Gasteiger partial charge on any atom is -0.496 e. The third-order valence-corrected chi connectivity index (χ3v) is 3.60. The van der Waals surface area contributed by atoms with Gasteiger partial charge in [0.05, 0.1) is 7.11 Å². The summed E-state index contributed by atoms with van der Waals surface area (Å²) >= 11 is 0. The van der Waals surface area contributed by atoms with Gasteiger partial charge in [-0.15, -0.1) is 0 Å². The molecule has 0 saturated heterocycles. The number of ether oxygens (including phenoxy) is 2. The summed E-state index contributed by atoms with van der Waals surface area (Å²) in [5, 5.41) is 3.64. The van der Waals surface area contributed by atoms with Crippen LogP contribution >= 0.6 is 0 Å². The van der Waals surface area contributed by atoms with E-state index >= 15 is 0 Å². The van der Waals surface area contributed by atoms with Crippen molar-refractivity contribution in [2.45, 2.75) is 53.0 Å². The van der Waals surface area contributed by atoms with Crippen LogP contribution in [0.25, 0.3) is 0 Å². The summed E-state index contributed by atoms with van der Waals surface area (Å²) < 4.78 is 11.3. The summed E-state index contributed by atoms with van der Waals surface area (Å²) in [5.41, 5.74) is 3.80. The molecule has 0 saturated carbocycles. The van der Waals surface area contributed by atoms with Crippen LogP contribution in [-0.4, -0.2) is 26.9 Å². The molecule has 0 aromatic heterocycles. The molecule has 3 nitrogen and oxygen atoms in total. The Morgan fingerprint density at radius 2 is 1.86 bits per heavy atom. The number of hydrogen-bond donors (Lipinski definition) is 1. The molecule has 120 valence electrons. The van der Waals surface area contributed by atoms with Gasteiger partial charge in [-0.3, -0.25) is 0 Å². The third kappa shape index (κ3) is 5.68. The van der Waals surface area contributed by atoms with Gasteiger partial charge in [0.1, 0.15) is 5.75 Å². The van der Waals surface area contributed by atoms with Crippen molar-refractivity contribution in [1.29, 1.82) is 0 Å². The van der Waals surface area contributed by atoms with Crippen molar-refractivity contribution in [3.8, 4) is 5.75 Å². The molecule has 0 aliphatic rings. The summed E-state index contributed by atoms with van der Waals surface area (Å²) in [5.74, 6) is 0.983. The molecule has 0 bridgehead atoms. The van der Waals surface area contributed by atoms with Gasteiger partial charge in [0.25, 0.3) is 0 Å². The highest BCUT2D eigenvalue weighted by Gasteiger charge is 2.18. The molecule has 1 rings (SSSR count). The molecule has 1 N–H and O–H groups in total. The molecule has 0 heterocycles. The summed E-state index contributed by atoms with van der Waals surface area (Å²) in [4.78, 5) is 0. The average molecular weight is 293 g/mol. The lowest BCUT2D eigenvalue weighted by molar-refractivity contribution is 0.124. The Labute approximate surface area is 130 Å². The van der Waals surface area contributed by atoms with Crippen LogP contribution in [0.1, 0.15) is 55.8 Å². The van der Waals surface area contributed by atoms with E-state index in [-0.39, 0.29) is 6.04 Å². The highest BCUT2D eigenvalue weighted by Crippen LogP contribution is 2.31. The standard InChI is InChI=1S/C18H31NO2/c1-6-9-19-16(8-11-21-10-7-2)18-15(4)12-14(3)13-17(18)20-5/h12-13,16,19H,6-11H2,1-5H3. The molecule has 1 atom stereocenters. The first-order chi connectivity index (χ1) is 10.1. The molecule has 0 amide bonds. The van der Waals surface area contributed by atoms with Crippen LogP contribution in [0.15, 0.2) is 12.1 Å². The molecule has 0 fully saturated rings. The Bertz CT molecular complexity index is 418. The summed E-state index contributed by atoms with van der Waals surface area (Å²) in [6, 6.07) is 4.64. The van der Waals surface area contributed by atoms with E-state index in [0.29, 0.717) is 0 Å². The second-order valence-electron chi connectivity index (χ2n) is 5.61. The predicted octanol–water partition coefficient (Wildman–Crippen LogP) is 4.17. The van der Waals surface area contributed by atoms with Crippen molar-refractivity contribution in [1.82, 2.24) is 5.32 Å². The first-order valence-corrected chi connectivity index (χ1v) is 8.10. The van der Waals surface area contributed by atoms with E-state index in [2.05, 4.69) is 45.1 Å². The Morgan fingerprint density at radius 1 is 1.10 bits per heavy atom. The van der Waals surface area contributed by atoms with Crippen molar-refractivity contribution >= 4 is 0 Å². The number of aryl methyl sites for hydroxylation is 2. The number of nitrogens with one attached hydrogen (secondary N) is 1. The topological polar surface area (TPSA) is 30.5 Å². The molecule has 0 radical (unpaired) electrons. The average Bonchev–Trinajstić information content (AvgIpc) is 2.46. The summed E-state index contributed by atoms with van der Waals surface area (Å²) in [7, 11) is 1.75. The van der Waals surface area contributed by atoms with Gasteiger partial charge in [0.2, 0.25) is 0 Å². The third-order valence-electron chi connectivity index (χ3n) is 3.60. The molecule has 1 unspecified atom stereocenters. The van der Waals surface area contributed by atoms with E-state index < -0.39 is 0 Å². The predicted molar refractivity (Wildman–Crippen MR) is 89.2 cm³/mol. The van der Waals surface area contributed by atoms with Crippen LogP contribution in [0, 0.1) is 13.8 Å². The number of rotatable bonds is 10. The Hall–Kier alpha value is -1.06. The van der Waals surface area contributed by atoms with E-state index in [1.807, 2.05) is 0 Å². The van der Waals surface area contributed by atoms with E-state index in [9.17, 15) is 0 Å². The highest BCUT2D eigenvalue weighted by atomic mass is 16.5. The number of methoxy groups -OCH3 is 1. The molecular weight excluding hydrogens is 262 g/mol. The Kier molecular flexibility index (Phi) is 8.40. The van der Waals surface area contributed by atoms with Crippen LogP contribution < -0.4 is 10.1 Å². The van der Waals surface area contributed by atoms with Crippen LogP contribution in [0.5, 0.6) is 5.75 Å². The molecular formula is C18H31NO2. The van der Waals surface area contributed by atoms with Crippen molar-refractivity contribution in [2.24, 2.45) is 0 Å². The fraction of sp³-hybridized carbons (Fsp3) is 0.667. The van der Waals surface area contributed by atoms with E-state index in [1.165, 1.54) is 16.7 Å². The van der Waals surface area contributed by atoms with Crippen molar-refractivity contribution < 1.29 is 9.47 Å². The molecule has 0 spiro atoms. The Balaban J connectivity index is 2.90. The molecule has 0 aliphatic heterocycles. The first-order valence-electron chi connectivity index (χ1n) is 8.10.